The number of hydrogen-bond donors (Lipinski definition) is 2. The van der Waals surface area contributed by atoms with Gasteiger partial charge in [-0.05, 0) is 18.1 Å². The monoisotopic (exact) mass is 257 g/mol. The third kappa shape index (κ3) is 3.09. The molecule has 0 saturated carbocycles. The van der Waals surface area contributed by atoms with Crippen molar-refractivity contribution in [3.63, 3.8) is 0 Å². The fourth-order valence-corrected chi connectivity index (χ4v) is 1.57. The Balaban J connectivity index is 2.84. The Morgan fingerprint density at radius 2 is 2.11 bits per heavy atom. The van der Waals surface area contributed by atoms with Crippen LogP contribution in [-0.4, -0.2) is 29.7 Å². The van der Waals surface area contributed by atoms with Crippen LogP contribution in [-0.2, 0) is 17.6 Å². The molecule has 0 bridgehead atoms. The van der Waals surface area contributed by atoms with Gasteiger partial charge in [-0.1, -0.05) is 13.8 Å². The molecule has 1 amide bonds. The zero-order valence-electron chi connectivity index (χ0n) is 10.3. The fraction of sp³-hybridized carbons (Fsp3) is 0.500. The van der Waals surface area contributed by atoms with Crippen LogP contribution in [0.1, 0.15) is 35.7 Å². The van der Waals surface area contributed by atoms with E-state index >= 15 is 0 Å². The molecule has 2 N–H and O–H groups in total. The van der Waals surface area contributed by atoms with Crippen LogP contribution in [0.3, 0.4) is 0 Å². The Morgan fingerprint density at radius 1 is 1.44 bits per heavy atom. The minimum Gasteiger partial charge on any atom is -0.480 e. The highest BCUT2D eigenvalue weighted by molar-refractivity contribution is 5.94. The van der Waals surface area contributed by atoms with E-state index < -0.39 is 24.6 Å². The first-order chi connectivity index (χ1) is 8.53. The number of carbonyl (C=O) groups is 2. The molecule has 5 nitrogen and oxygen atoms in total. The number of halogens is 1. The second-order valence-electron chi connectivity index (χ2n) is 3.78. The molecule has 0 aliphatic heterocycles. The Labute approximate surface area is 104 Å². The number of nitrogens with one attached hydrogen (secondary N) is 1. The Kier molecular flexibility index (Phi) is 4.88. The topological polar surface area (TPSA) is 79.5 Å². The Morgan fingerprint density at radius 3 is 2.50 bits per heavy atom. The molecule has 0 fully saturated rings. The van der Waals surface area contributed by atoms with Crippen LogP contribution in [0.15, 0.2) is 10.5 Å². The number of carbonyl (C=O) groups excluding carboxylic acids is 1. The number of hydrogen-bond acceptors (Lipinski definition) is 3. The number of amides is 1. The van der Waals surface area contributed by atoms with Crippen molar-refractivity contribution < 1.29 is 23.5 Å². The Hall–Kier alpha value is -1.85. The molecule has 6 heteroatoms. The van der Waals surface area contributed by atoms with Crippen molar-refractivity contribution in [2.75, 3.05) is 6.67 Å². The fourth-order valence-electron chi connectivity index (χ4n) is 1.57. The lowest BCUT2D eigenvalue weighted by Gasteiger charge is -2.08. The van der Waals surface area contributed by atoms with Gasteiger partial charge in [0.05, 0.1) is 0 Å². The summed E-state index contributed by atoms with van der Waals surface area (Å²) in [4.78, 5) is 22.3. The van der Waals surface area contributed by atoms with Crippen molar-refractivity contribution in [3.05, 3.63) is 23.2 Å². The lowest BCUT2D eigenvalue weighted by molar-refractivity contribution is -0.139. The first kappa shape index (κ1) is 14.2. The molecule has 1 atom stereocenters. The highest BCUT2D eigenvalue weighted by atomic mass is 19.1. The van der Waals surface area contributed by atoms with Crippen LogP contribution in [0, 0.1) is 0 Å². The standard InChI is InChI=1S/C12H16FNO4/c1-3-7-5-10(18-9(7)4-2)11(15)14-8(6-13)12(16)17/h5,8H,3-4,6H2,1-2H3,(H,14,15)(H,16,17). The van der Waals surface area contributed by atoms with Gasteiger partial charge in [-0.25, -0.2) is 9.18 Å². The molecule has 1 rings (SSSR count). The van der Waals surface area contributed by atoms with E-state index in [2.05, 4.69) is 5.32 Å². The predicted molar refractivity (Wildman–Crippen MR) is 62.3 cm³/mol. The largest absolute Gasteiger partial charge is 0.480 e. The summed E-state index contributed by atoms with van der Waals surface area (Å²) in [6.07, 6.45) is 1.35. The highest BCUT2D eigenvalue weighted by Crippen LogP contribution is 2.17. The van der Waals surface area contributed by atoms with Gasteiger partial charge in [0.25, 0.3) is 5.91 Å². The quantitative estimate of drug-likeness (QED) is 0.810. The zero-order valence-corrected chi connectivity index (χ0v) is 10.3. The van der Waals surface area contributed by atoms with Gasteiger partial charge in [0.1, 0.15) is 12.4 Å². The van der Waals surface area contributed by atoms with E-state index in [-0.39, 0.29) is 5.76 Å². The summed E-state index contributed by atoms with van der Waals surface area (Å²) < 4.78 is 17.7. The van der Waals surface area contributed by atoms with Crippen LogP contribution in [0.4, 0.5) is 4.39 Å². The molecule has 100 valence electrons. The minimum atomic E-state index is -1.54. The molecule has 0 radical (unpaired) electrons. The summed E-state index contributed by atoms with van der Waals surface area (Å²) in [5.41, 5.74) is 0.898. The molecule has 1 unspecified atom stereocenters. The zero-order chi connectivity index (χ0) is 13.7. The SMILES string of the molecule is CCc1cc(C(=O)NC(CF)C(=O)O)oc1CC. The second kappa shape index (κ2) is 6.18. The summed E-state index contributed by atoms with van der Waals surface area (Å²) in [6, 6.07) is 0.0171. The van der Waals surface area contributed by atoms with Gasteiger partial charge in [0.2, 0.25) is 0 Å². The summed E-state index contributed by atoms with van der Waals surface area (Å²) in [7, 11) is 0. The van der Waals surface area contributed by atoms with Crippen LogP contribution in [0.5, 0.6) is 0 Å². The highest BCUT2D eigenvalue weighted by Gasteiger charge is 2.23. The lowest BCUT2D eigenvalue weighted by Crippen LogP contribution is -2.42. The van der Waals surface area contributed by atoms with E-state index in [0.717, 1.165) is 5.56 Å². The van der Waals surface area contributed by atoms with Crippen molar-refractivity contribution in [2.24, 2.45) is 0 Å². The maximum absolute atomic E-state index is 12.4. The molecular formula is C12H16FNO4. The molecule has 0 aliphatic carbocycles. The Bertz CT molecular complexity index is 420. The smallest absolute Gasteiger partial charge is 0.328 e. The molecule has 1 aromatic rings. The van der Waals surface area contributed by atoms with Crippen LogP contribution in [0.2, 0.25) is 0 Å². The van der Waals surface area contributed by atoms with Gasteiger partial charge in [0, 0.05) is 6.42 Å². The van der Waals surface area contributed by atoms with Gasteiger partial charge < -0.3 is 14.8 Å². The van der Waals surface area contributed by atoms with Crippen LogP contribution < -0.4 is 5.32 Å². The summed E-state index contributed by atoms with van der Waals surface area (Å²) in [5.74, 6) is -1.42. The number of alkyl halides is 1. The van der Waals surface area contributed by atoms with Crippen molar-refractivity contribution >= 4 is 11.9 Å². The summed E-state index contributed by atoms with van der Waals surface area (Å²) >= 11 is 0. The molecule has 18 heavy (non-hydrogen) atoms. The van der Waals surface area contributed by atoms with Crippen molar-refractivity contribution in [1.29, 1.82) is 0 Å². The van der Waals surface area contributed by atoms with Crippen molar-refractivity contribution in [3.8, 4) is 0 Å². The van der Waals surface area contributed by atoms with Gasteiger partial charge in [-0.3, -0.25) is 4.79 Å². The molecule has 0 saturated heterocycles. The maximum atomic E-state index is 12.4. The number of aryl methyl sites for hydroxylation is 2. The summed E-state index contributed by atoms with van der Waals surface area (Å²) in [6.45, 7) is 2.65. The van der Waals surface area contributed by atoms with Gasteiger partial charge >= 0.3 is 5.97 Å². The van der Waals surface area contributed by atoms with E-state index in [1.807, 2.05) is 13.8 Å². The lowest BCUT2D eigenvalue weighted by atomic mass is 10.1. The van der Waals surface area contributed by atoms with Crippen LogP contribution >= 0.6 is 0 Å². The van der Waals surface area contributed by atoms with Crippen molar-refractivity contribution in [2.45, 2.75) is 32.7 Å². The molecule has 1 heterocycles. The first-order valence-electron chi connectivity index (χ1n) is 5.74. The molecule has 0 aliphatic rings. The average molecular weight is 257 g/mol. The number of carboxylic acid groups (broad SMARTS) is 1. The third-order valence-corrected chi connectivity index (χ3v) is 2.58. The average Bonchev–Trinajstić information content (AvgIpc) is 2.78. The maximum Gasteiger partial charge on any atom is 0.328 e. The number of aliphatic carboxylic acids is 1. The molecule has 1 aromatic heterocycles. The number of carboxylic acids is 1. The van der Waals surface area contributed by atoms with Crippen molar-refractivity contribution in [1.82, 2.24) is 5.32 Å². The van der Waals surface area contributed by atoms with Crippen LogP contribution in [0.25, 0.3) is 0 Å². The van der Waals surface area contributed by atoms with E-state index in [1.165, 1.54) is 0 Å². The first-order valence-corrected chi connectivity index (χ1v) is 5.74. The van der Waals surface area contributed by atoms with E-state index in [9.17, 15) is 14.0 Å². The normalized spacial score (nSPS) is 12.2. The third-order valence-electron chi connectivity index (χ3n) is 2.58. The molecule has 0 spiro atoms. The summed E-state index contributed by atoms with van der Waals surface area (Å²) in [5, 5.41) is 10.7. The van der Waals surface area contributed by atoms with E-state index in [4.69, 9.17) is 9.52 Å². The van der Waals surface area contributed by atoms with Gasteiger partial charge in [-0.2, -0.15) is 0 Å². The van der Waals surface area contributed by atoms with E-state index in [0.29, 0.717) is 18.6 Å². The number of furan rings is 1. The second-order valence-corrected chi connectivity index (χ2v) is 3.78. The molecule has 0 aromatic carbocycles. The van der Waals surface area contributed by atoms with Gasteiger partial charge in [-0.15, -0.1) is 0 Å². The minimum absolute atomic E-state index is 0.0170. The predicted octanol–water partition coefficient (Wildman–Crippen LogP) is 1.56. The number of rotatable bonds is 6. The molecular weight excluding hydrogens is 241 g/mol. The van der Waals surface area contributed by atoms with E-state index in [1.54, 1.807) is 6.07 Å². The van der Waals surface area contributed by atoms with Gasteiger partial charge in [0.15, 0.2) is 11.8 Å².